The average molecular weight is 633 g/mol. The Hall–Kier alpha value is -4.93. The zero-order valence-electron chi connectivity index (χ0n) is 24.8. The maximum absolute atomic E-state index is 15.0. The van der Waals surface area contributed by atoms with E-state index >= 15 is 0 Å². The fraction of sp³-hybridized carbons (Fsp3) is 0.286. The molecule has 2 heterocycles. The monoisotopic (exact) mass is 632 g/mol. The van der Waals surface area contributed by atoms with E-state index in [1.165, 1.54) is 11.0 Å². The van der Waals surface area contributed by atoms with Crippen LogP contribution in [0.15, 0.2) is 79.0 Å². The molecule has 2 aliphatic rings. The van der Waals surface area contributed by atoms with Crippen molar-refractivity contribution in [2.45, 2.75) is 31.1 Å². The Morgan fingerprint density at radius 3 is 2.37 bits per heavy atom. The number of nitrogens with one attached hydrogen (secondary N) is 1. The quantitative estimate of drug-likeness (QED) is 0.163. The number of alkyl halides is 2. The fourth-order valence-electron chi connectivity index (χ4n) is 5.73. The number of likely N-dealkylation sites (tertiary alicyclic amines) is 1. The summed E-state index contributed by atoms with van der Waals surface area (Å²) in [5.74, 6) is -3.92. The lowest BCUT2D eigenvalue weighted by atomic mass is 9.97. The van der Waals surface area contributed by atoms with Gasteiger partial charge in [-0.2, -0.15) is 0 Å². The van der Waals surface area contributed by atoms with Crippen molar-refractivity contribution in [3.05, 3.63) is 102 Å². The second-order valence-electron chi connectivity index (χ2n) is 11.7. The average Bonchev–Trinajstić information content (AvgIpc) is 3.85. The number of halogens is 4. The third-order valence-corrected chi connectivity index (χ3v) is 8.47. The Labute approximate surface area is 263 Å². The number of carbonyl (C=O) groups excluding carboxylic acids is 2. The summed E-state index contributed by atoms with van der Waals surface area (Å²) < 4.78 is 61.7. The molecule has 0 radical (unpaired) electrons. The van der Waals surface area contributed by atoms with E-state index in [0.717, 1.165) is 29.7 Å². The molecule has 1 aromatic heterocycles. The predicted octanol–water partition coefficient (Wildman–Crippen LogP) is 6.45. The van der Waals surface area contributed by atoms with Crippen LogP contribution in [0.1, 0.15) is 41.1 Å². The van der Waals surface area contributed by atoms with Crippen LogP contribution in [0.5, 0.6) is 5.75 Å². The summed E-state index contributed by atoms with van der Waals surface area (Å²) in [5.41, 5.74) is 8.91. The molecule has 4 aromatic rings. The summed E-state index contributed by atoms with van der Waals surface area (Å²) in [5, 5.41) is 2.88. The Morgan fingerprint density at radius 2 is 1.67 bits per heavy atom. The van der Waals surface area contributed by atoms with Crippen LogP contribution in [0.4, 0.5) is 23.4 Å². The minimum absolute atomic E-state index is 0.00620. The van der Waals surface area contributed by atoms with E-state index in [1.54, 1.807) is 54.7 Å². The number of amides is 2. The van der Waals surface area contributed by atoms with Gasteiger partial charge in [0.05, 0.1) is 6.54 Å². The molecule has 2 atom stereocenters. The highest BCUT2D eigenvalue weighted by Crippen LogP contribution is 2.47. The maximum atomic E-state index is 15.0. The Kier molecular flexibility index (Phi) is 8.66. The van der Waals surface area contributed by atoms with Gasteiger partial charge in [-0.1, -0.05) is 24.3 Å². The lowest BCUT2D eigenvalue weighted by Crippen LogP contribution is -2.42. The first-order valence-electron chi connectivity index (χ1n) is 15.1. The largest absolute Gasteiger partial charge is 0.491 e. The summed E-state index contributed by atoms with van der Waals surface area (Å²) in [4.78, 5) is 31.0. The van der Waals surface area contributed by atoms with Gasteiger partial charge in [0, 0.05) is 60.8 Å². The molecule has 1 saturated carbocycles. The second kappa shape index (κ2) is 12.8. The van der Waals surface area contributed by atoms with E-state index in [1.807, 2.05) is 6.07 Å². The Morgan fingerprint density at radius 1 is 0.935 bits per heavy atom. The lowest BCUT2D eigenvalue weighted by Gasteiger charge is -2.31. The molecular weight excluding hydrogens is 600 g/mol. The van der Waals surface area contributed by atoms with E-state index in [9.17, 15) is 27.2 Å². The van der Waals surface area contributed by atoms with Gasteiger partial charge in [-0.05, 0) is 71.5 Å². The molecule has 6 rings (SSSR count). The maximum Gasteiger partial charge on any atom is 0.253 e. The molecule has 46 heavy (non-hydrogen) atoms. The van der Waals surface area contributed by atoms with Crippen LogP contribution in [0, 0.1) is 17.6 Å². The minimum Gasteiger partial charge on any atom is -0.491 e. The van der Waals surface area contributed by atoms with Crippen LogP contribution in [0.25, 0.3) is 22.3 Å². The highest BCUT2D eigenvalue weighted by molar-refractivity contribution is 5.95. The molecule has 2 amide bonds. The van der Waals surface area contributed by atoms with Gasteiger partial charge < -0.3 is 20.7 Å². The first-order chi connectivity index (χ1) is 22.1. The Bertz CT molecular complexity index is 1740. The highest BCUT2D eigenvalue weighted by Gasteiger charge is 2.44. The minimum atomic E-state index is -2.75. The number of benzene rings is 3. The number of nitrogens with zero attached hydrogens (tertiary/aromatic N) is 2. The number of carbonyl (C=O) groups is 2. The van der Waals surface area contributed by atoms with Crippen LogP contribution >= 0.6 is 0 Å². The first kappa shape index (κ1) is 31.1. The van der Waals surface area contributed by atoms with Gasteiger partial charge in [0.25, 0.3) is 11.8 Å². The number of hydrogen-bond donors (Lipinski definition) is 2. The number of rotatable bonds is 9. The third kappa shape index (κ3) is 6.98. The molecule has 0 spiro atoms. The van der Waals surface area contributed by atoms with Crippen LogP contribution < -0.4 is 15.8 Å². The normalized spacial score (nSPS) is 18.6. The molecular formula is C35H32F4N4O3. The summed E-state index contributed by atoms with van der Waals surface area (Å²) in [6.45, 7) is 0.321. The van der Waals surface area contributed by atoms with Crippen molar-refractivity contribution in [2.75, 3.05) is 32.0 Å². The van der Waals surface area contributed by atoms with Crippen molar-refractivity contribution in [3.63, 3.8) is 0 Å². The standard InChI is InChI=1S/C35H32F4N4O3/c36-25-7-8-26(30(37)18-25)28-17-23(21-1-3-22(4-2-21)34(45)43-14-11-35(38,39)12-15-43)5-9-31(28)46-16-13-41-33(44)29-19-27(29)24-6-10-32(40)42-20-24/h1-10,17-18,20,27,29H,11-16,19H2,(H2,40,42)(H,41,44). The molecule has 1 saturated heterocycles. The zero-order valence-corrected chi connectivity index (χ0v) is 24.8. The summed E-state index contributed by atoms with van der Waals surface area (Å²) in [7, 11) is 0. The molecule has 238 valence electrons. The summed E-state index contributed by atoms with van der Waals surface area (Å²) >= 11 is 0. The third-order valence-electron chi connectivity index (χ3n) is 8.47. The van der Waals surface area contributed by atoms with E-state index < -0.39 is 17.6 Å². The van der Waals surface area contributed by atoms with Crippen LogP contribution in [-0.4, -0.2) is 53.9 Å². The number of piperidine rings is 1. The van der Waals surface area contributed by atoms with Crippen molar-refractivity contribution in [3.8, 4) is 28.0 Å². The van der Waals surface area contributed by atoms with Crippen molar-refractivity contribution < 1.29 is 31.9 Å². The lowest BCUT2D eigenvalue weighted by molar-refractivity contribution is -0.122. The van der Waals surface area contributed by atoms with Crippen molar-refractivity contribution >= 4 is 17.6 Å². The van der Waals surface area contributed by atoms with E-state index in [-0.39, 0.29) is 68.3 Å². The van der Waals surface area contributed by atoms with E-state index in [0.29, 0.717) is 28.3 Å². The van der Waals surface area contributed by atoms with Gasteiger partial charge in [-0.25, -0.2) is 22.5 Å². The van der Waals surface area contributed by atoms with Gasteiger partial charge in [0.15, 0.2) is 0 Å². The van der Waals surface area contributed by atoms with Gasteiger partial charge in [0.1, 0.15) is 29.8 Å². The van der Waals surface area contributed by atoms with Crippen molar-refractivity contribution in [2.24, 2.45) is 5.92 Å². The molecule has 2 fully saturated rings. The summed E-state index contributed by atoms with van der Waals surface area (Å²) in [6, 6.07) is 18.8. The number of aromatic nitrogens is 1. The fourth-order valence-corrected chi connectivity index (χ4v) is 5.73. The number of ether oxygens (including phenoxy) is 1. The number of pyridine rings is 1. The number of nitrogens with two attached hydrogens (primary N) is 1. The molecule has 1 aliphatic heterocycles. The van der Waals surface area contributed by atoms with Crippen LogP contribution in [0.3, 0.4) is 0 Å². The number of hydrogen-bond acceptors (Lipinski definition) is 5. The van der Waals surface area contributed by atoms with Crippen LogP contribution in [-0.2, 0) is 4.79 Å². The molecule has 1 aliphatic carbocycles. The zero-order chi connectivity index (χ0) is 32.4. The van der Waals surface area contributed by atoms with Crippen molar-refractivity contribution in [1.29, 1.82) is 0 Å². The van der Waals surface area contributed by atoms with Gasteiger partial charge in [-0.3, -0.25) is 9.59 Å². The molecule has 11 heteroatoms. The predicted molar refractivity (Wildman–Crippen MR) is 165 cm³/mol. The number of anilines is 1. The molecule has 3 N–H and O–H groups in total. The van der Waals surface area contributed by atoms with Crippen molar-refractivity contribution in [1.82, 2.24) is 15.2 Å². The molecule has 0 bridgehead atoms. The highest BCUT2D eigenvalue weighted by atomic mass is 19.3. The van der Waals surface area contributed by atoms with Gasteiger partial charge >= 0.3 is 0 Å². The second-order valence-corrected chi connectivity index (χ2v) is 11.7. The van der Waals surface area contributed by atoms with E-state index in [2.05, 4.69) is 10.3 Å². The SMILES string of the molecule is Nc1ccc(C2CC2C(=O)NCCOc2ccc(-c3ccc(C(=O)N4CCC(F)(F)CC4)cc3)cc2-c2ccc(F)cc2F)cn1. The van der Waals surface area contributed by atoms with Crippen LogP contribution in [0.2, 0.25) is 0 Å². The number of nitrogen functional groups attached to an aromatic ring is 1. The smallest absolute Gasteiger partial charge is 0.253 e. The molecule has 3 aromatic carbocycles. The van der Waals surface area contributed by atoms with Gasteiger partial charge in [-0.15, -0.1) is 0 Å². The first-order valence-corrected chi connectivity index (χ1v) is 15.1. The summed E-state index contributed by atoms with van der Waals surface area (Å²) in [6.07, 6.45) is 1.69. The Balaban J connectivity index is 1.13. The molecule has 2 unspecified atom stereocenters. The van der Waals surface area contributed by atoms with Gasteiger partial charge in [0.2, 0.25) is 5.91 Å². The topological polar surface area (TPSA) is 97.6 Å². The molecule has 7 nitrogen and oxygen atoms in total. The van der Waals surface area contributed by atoms with E-state index in [4.69, 9.17) is 10.5 Å².